The zero-order chi connectivity index (χ0) is 13.7. The summed E-state index contributed by atoms with van der Waals surface area (Å²) in [6.45, 7) is 0.977. The topological polar surface area (TPSA) is 52.5 Å². The minimum absolute atomic E-state index is 0.232. The van der Waals surface area contributed by atoms with Gasteiger partial charge in [0.25, 0.3) is 0 Å². The molecule has 0 aliphatic carbocycles. The minimum Gasteiger partial charge on any atom is -0.508 e. The molecule has 0 saturated heterocycles. The van der Waals surface area contributed by atoms with Crippen molar-refractivity contribution < 1.29 is 14.6 Å². The molecule has 0 fully saturated rings. The van der Waals surface area contributed by atoms with Crippen molar-refractivity contribution in [3.63, 3.8) is 0 Å². The molecular weight excluding hydrogens is 245 g/mol. The molecule has 3 nitrogen and oxygen atoms in total. The van der Waals surface area contributed by atoms with Crippen molar-refractivity contribution in [3.05, 3.63) is 65.5 Å². The number of phenols is 1. The van der Waals surface area contributed by atoms with Gasteiger partial charge >= 0.3 is 0 Å². The molecule has 19 heavy (non-hydrogen) atoms. The van der Waals surface area contributed by atoms with Crippen LogP contribution in [-0.2, 0) is 6.54 Å². The fraction of sp³-hybridized carbons (Fsp3) is 0.200. The van der Waals surface area contributed by atoms with Gasteiger partial charge in [-0.2, -0.15) is 0 Å². The van der Waals surface area contributed by atoms with E-state index >= 15 is 0 Å². The van der Waals surface area contributed by atoms with Gasteiger partial charge in [0.15, 0.2) is 0 Å². The second kappa shape index (κ2) is 6.31. The molecule has 0 aromatic heterocycles. The SMILES string of the molecule is Oc1ccc(CNC[C@H](O)c2ccc(F)cc2)cc1. The monoisotopic (exact) mass is 261 g/mol. The second-order valence-corrected chi connectivity index (χ2v) is 4.36. The third-order valence-corrected chi connectivity index (χ3v) is 2.86. The first-order valence-corrected chi connectivity index (χ1v) is 6.07. The molecule has 2 rings (SSSR count). The van der Waals surface area contributed by atoms with Crippen LogP contribution in [0, 0.1) is 5.82 Å². The van der Waals surface area contributed by atoms with Crippen molar-refractivity contribution in [2.45, 2.75) is 12.6 Å². The van der Waals surface area contributed by atoms with Crippen molar-refractivity contribution in [2.24, 2.45) is 0 Å². The van der Waals surface area contributed by atoms with E-state index in [0.717, 1.165) is 5.56 Å². The Kier molecular flexibility index (Phi) is 4.49. The molecule has 0 heterocycles. The second-order valence-electron chi connectivity index (χ2n) is 4.36. The summed E-state index contributed by atoms with van der Waals surface area (Å²) >= 11 is 0. The maximum absolute atomic E-state index is 12.7. The summed E-state index contributed by atoms with van der Waals surface area (Å²) < 4.78 is 12.7. The molecule has 0 aliphatic heterocycles. The van der Waals surface area contributed by atoms with Crippen LogP contribution < -0.4 is 5.32 Å². The largest absolute Gasteiger partial charge is 0.508 e. The molecular formula is C15H16FNO2. The summed E-state index contributed by atoms with van der Waals surface area (Å²) in [5, 5.41) is 22.2. The molecule has 0 unspecified atom stereocenters. The Bertz CT molecular complexity index is 511. The van der Waals surface area contributed by atoms with Gasteiger partial charge in [-0.1, -0.05) is 24.3 Å². The molecule has 3 N–H and O–H groups in total. The van der Waals surface area contributed by atoms with Crippen LogP contribution in [0.5, 0.6) is 5.75 Å². The number of benzene rings is 2. The Morgan fingerprint density at radius 2 is 1.63 bits per heavy atom. The van der Waals surface area contributed by atoms with Gasteiger partial charge in [0.1, 0.15) is 11.6 Å². The Hall–Kier alpha value is -1.91. The van der Waals surface area contributed by atoms with Crippen LogP contribution in [0.1, 0.15) is 17.2 Å². The normalized spacial score (nSPS) is 12.3. The summed E-state index contributed by atoms with van der Waals surface area (Å²) in [6.07, 6.45) is -0.669. The molecule has 100 valence electrons. The van der Waals surface area contributed by atoms with E-state index in [1.165, 1.54) is 12.1 Å². The van der Waals surface area contributed by atoms with E-state index in [2.05, 4.69) is 5.32 Å². The highest BCUT2D eigenvalue weighted by Crippen LogP contribution is 2.13. The van der Waals surface area contributed by atoms with Gasteiger partial charge in [-0.3, -0.25) is 0 Å². The van der Waals surface area contributed by atoms with Gasteiger partial charge in [-0.25, -0.2) is 4.39 Å². The molecule has 2 aromatic carbocycles. The number of aromatic hydroxyl groups is 1. The lowest BCUT2D eigenvalue weighted by molar-refractivity contribution is 0.174. The Morgan fingerprint density at radius 3 is 2.26 bits per heavy atom. The van der Waals surface area contributed by atoms with Crippen molar-refractivity contribution in [2.75, 3.05) is 6.54 Å². The summed E-state index contributed by atoms with van der Waals surface area (Å²) in [5.41, 5.74) is 1.70. The number of hydrogen-bond donors (Lipinski definition) is 3. The van der Waals surface area contributed by atoms with E-state index in [4.69, 9.17) is 5.11 Å². The van der Waals surface area contributed by atoms with Crippen LogP contribution in [-0.4, -0.2) is 16.8 Å². The van der Waals surface area contributed by atoms with E-state index in [9.17, 15) is 9.50 Å². The Balaban J connectivity index is 1.82. The van der Waals surface area contributed by atoms with Crippen LogP contribution in [0.2, 0.25) is 0 Å². The van der Waals surface area contributed by atoms with Gasteiger partial charge in [-0.05, 0) is 35.4 Å². The zero-order valence-electron chi connectivity index (χ0n) is 10.4. The summed E-state index contributed by atoms with van der Waals surface area (Å²) in [7, 11) is 0. The Labute approximate surface area is 111 Å². The van der Waals surface area contributed by atoms with Gasteiger partial charge in [0, 0.05) is 13.1 Å². The lowest BCUT2D eigenvalue weighted by Crippen LogP contribution is -2.21. The lowest BCUT2D eigenvalue weighted by Gasteiger charge is -2.12. The first-order chi connectivity index (χ1) is 9.15. The fourth-order valence-corrected chi connectivity index (χ4v) is 1.77. The van der Waals surface area contributed by atoms with Crippen LogP contribution in [0.3, 0.4) is 0 Å². The summed E-state index contributed by atoms with van der Waals surface area (Å²) in [4.78, 5) is 0. The molecule has 1 atom stereocenters. The third-order valence-electron chi connectivity index (χ3n) is 2.86. The van der Waals surface area contributed by atoms with E-state index in [1.54, 1.807) is 24.3 Å². The number of nitrogens with one attached hydrogen (secondary N) is 1. The fourth-order valence-electron chi connectivity index (χ4n) is 1.77. The van der Waals surface area contributed by atoms with Crippen LogP contribution in [0.15, 0.2) is 48.5 Å². The van der Waals surface area contributed by atoms with E-state index in [-0.39, 0.29) is 11.6 Å². The van der Waals surface area contributed by atoms with Crippen LogP contribution in [0.25, 0.3) is 0 Å². The molecule has 0 spiro atoms. The average molecular weight is 261 g/mol. The quantitative estimate of drug-likeness (QED) is 0.774. The lowest BCUT2D eigenvalue weighted by atomic mass is 10.1. The van der Waals surface area contributed by atoms with Crippen molar-refractivity contribution in [3.8, 4) is 5.75 Å². The van der Waals surface area contributed by atoms with Crippen molar-refractivity contribution in [1.29, 1.82) is 0 Å². The minimum atomic E-state index is -0.669. The van der Waals surface area contributed by atoms with Crippen LogP contribution in [0.4, 0.5) is 4.39 Å². The predicted molar refractivity (Wildman–Crippen MR) is 71.2 cm³/mol. The molecule has 0 saturated carbocycles. The van der Waals surface area contributed by atoms with E-state index in [0.29, 0.717) is 18.7 Å². The molecule has 0 bridgehead atoms. The summed E-state index contributed by atoms with van der Waals surface area (Å²) in [5.74, 6) is -0.0805. The molecule has 0 amide bonds. The highest BCUT2D eigenvalue weighted by molar-refractivity contribution is 5.25. The smallest absolute Gasteiger partial charge is 0.123 e. The number of rotatable bonds is 5. The third kappa shape index (κ3) is 4.05. The predicted octanol–water partition coefficient (Wildman–Crippen LogP) is 2.35. The molecule has 4 heteroatoms. The maximum Gasteiger partial charge on any atom is 0.123 e. The standard InChI is InChI=1S/C15H16FNO2/c16-13-5-3-12(4-6-13)15(19)10-17-9-11-1-7-14(18)8-2-11/h1-8,15,17-19H,9-10H2/t15-/m0/s1. The first-order valence-electron chi connectivity index (χ1n) is 6.07. The summed E-state index contributed by atoms with van der Waals surface area (Å²) in [6, 6.07) is 12.7. The first kappa shape index (κ1) is 13.5. The van der Waals surface area contributed by atoms with Gasteiger partial charge in [-0.15, -0.1) is 0 Å². The number of aliphatic hydroxyl groups is 1. The van der Waals surface area contributed by atoms with Crippen molar-refractivity contribution >= 4 is 0 Å². The van der Waals surface area contributed by atoms with Crippen LogP contribution >= 0.6 is 0 Å². The number of phenolic OH excluding ortho intramolecular Hbond substituents is 1. The zero-order valence-corrected chi connectivity index (χ0v) is 10.4. The molecule has 0 radical (unpaired) electrons. The van der Waals surface area contributed by atoms with Gasteiger partial charge in [0.2, 0.25) is 0 Å². The number of aliphatic hydroxyl groups excluding tert-OH is 1. The average Bonchev–Trinajstić information content (AvgIpc) is 2.41. The van der Waals surface area contributed by atoms with Crippen molar-refractivity contribution in [1.82, 2.24) is 5.32 Å². The maximum atomic E-state index is 12.7. The highest BCUT2D eigenvalue weighted by atomic mass is 19.1. The van der Waals surface area contributed by atoms with Gasteiger partial charge < -0.3 is 15.5 Å². The Morgan fingerprint density at radius 1 is 1.00 bits per heavy atom. The highest BCUT2D eigenvalue weighted by Gasteiger charge is 2.06. The molecule has 2 aromatic rings. The van der Waals surface area contributed by atoms with E-state index in [1.807, 2.05) is 12.1 Å². The molecule has 0 aliphatic rings. The van der Waals surface area contributed by atoms with E-state index < -0.39 is 6.10 Å². The van der Waals surface area contributed by atoms with Gasteiger partial charge in [0.05, 0.1) is 6.10 Å². The number of halogens is 1. The number of hydrogen-bond acceptors (Lipinski definition) is 3.